The smallest absolute Gasteiger partial charge is 0.160 e. The summed E-state index contributed by atoms with van der Waals surface area (Å²) in [6.07, 6.45) is 0. The van der Waals surface area contributed by atoms with Crippen molar-refractivity contribution < 1.29 is 9.84 Å². The number of nitriles is 1. The Bertz CT molecular complexity index is 653. The van der Waals surface area contributed by atoms with Gasteiger partial charge in [-0.05, 0) is 35.9 Å². The highest BCUT2D eigenvalue weighted by molar-refractivity contribution is 6.30. The second kappa shape index (κ2) is 6.18. The van der Waals surface area contributed by atoms with E-state index in [0.717, 1.165) is 5.69 Å². The molecule has 0 aliphatic rings. The van der Waals surface area contributed by atoms with Gasteiger partial charge in [0.2, 0.25) is 0 Å². The van der Waals surface area contributed by atoms with E-state index >= 15 is 0 Å². The van der Waals surface area contributed by atoms with Crippen molar-refractivity contribution in [2.75, 3.05) is 12.4 Å². The van der Waals surface area contributed by atoms with Crippen molar-refractivity contribution in [3.05, 3.63) is 53.1 Å². The molecule has 0 heterocycles. The van der Waals surface area contributed by atoms with Crippen LogP contribution in [0.25, 0.3) is 0 Å². The Kier molecular flexibility index (Phi) is 4.34. The van der Waals surface area contributed by atoms with Crippen molar-refractivity contribution in [3.63, 3.8) is 0 Å². The summed E-state index contributed by atoms with van der Waals surface area (Å²) in [7, 11) is 1.46. The van der Waals surface area contributed by atoms with Crippen LogP contribution in [0, 0.1) is 11.3 Å². The average molecular weight is 289 g/mol. The number of benzene rings is 2. The summed E-state index contributed by atoms with van der Waals surface area (Å²) >= 11 is 5.91. The zero-order valence-electron chi connectivity index (χ0n) is 10.8. The SMILES string of the molecule is COc1cc(C(C#N)Nc2cccc(Cl)c2)ccc1O. The molecule has 0 bridgehead atoms. The van der Waals surface area contributed by atoms with Crippen molar-refractivity contribution >= 4 is 17.3 Å². The van der Waals surface area contributed by atoms with Crippen LogP contribution in [-0.4, -0.2) is 12.2 Å². The van der Waals surface area contributed by atoms with Crippen molar-refractivity contribution in [1.82, 2.24) is 0 Å². The highest BCUT2D eigenvalue weighted by Crippen LogP contribution is 2.30. The van der Waals surface area contributed by atoms with Crippen LogP contribution in [0.15, 0.2) is 42.5 Å². The minimum absolute atomic E-state index is 0.0377. The fraction of sp³-hybridized carbons (Fsp3) is 0.133. The summed E-state index contributed by atoms with van der Waals surface area (Å²) in [5.41, 5.74) is 1.44. The van der Waals surface area contributed by atoms with E-state index in [0.29, 0.717) is 16.3 Å². The molecule has 2 N–H and O–H groups in total. The summed E-state index contributed by atoms with van der Waals surface area (Å²) < 4.78 is 5.04. The van der Waals surface area contributed by atoms with Gasteiger partial charge in [0.25, 0.3) is 0 Å². The first-order valence-electron chi connectivity index (χ1n) is 5.92. The van der Waals surface area contributed by atoms with Crippen LogP contribution in [0.1, 0.15) is 11.6 Å². The molecule has 2 aromatic carbocycles. The largest absolute Gasteiger partial charge is 0.504 e. The molecular weight excluding hydrogens is 276 g/mol. The minimum Gasteiger partial charge on any atom is -0.504 e. The molecule has 0 radical (unpaired) electrons. The lowest BCUT2D eigenvalue weighted by atomic mass is 10.1. The fourth-order valence-electron chi connectivity index (χ4n) is 1.81. The summed E-state index contributed by atoms with van der Waals surface area (Å²) in [6, 6.07) is 13.5. The minimum atomic E-state index is -0.567. The number of ether oxygens (including phenoxy) is 1. The van der Waals surface area contributed by atoms with E-state index in [9.17, 15) is 10.4 Å². The predicted molar refractivity (Wildman–Crippen MR) is 78.1 cm³/mol. The molecule has 0 aliphatic heterocycles. The van der Waals surface area contributed by atoms with E-state index in [4.69, 9.17) is 16.3 Å². The van der Waals surface area contributed by atoms with Gasteiger partial charge in [0.1, 0.15) is 6.04 Å². The van der Waals surface area contributed by atoms with Crippen LogP contribution in [0.5, 0.6) is 11.5 Å². The summed E-state index contributed by atoms with van der Waals surface area (Å²) in [5, 5.41) is 22.5. The van der Waals surface area contributed by atoms with Gasteiger partial charge in [0.15, 0.2) is 11.5 Å². The molecule has 0 aliphatic carbocycles. The van der Waals surface area contributed by atoms with Gasteiger partial charge in [-0.1, -0.05) is 23.7 Å². The van der Waals surface area contributed by atoms with Crippen LogP contribution >= 0.6 is 11.6 Å². The number of nitrogens with zero attached hydrogens (tertiary/aromatic N) is 1. The number of phenols is 1. The number of phenolic OH excluding ortho intramolecular Hbond substituents is 1. The molecule has 0 saturated heterocycles. The molecule has 2 rings (SSSR count). The first-order chi connectivity index (χ1) is 9.63. The van der Waals surface area contributed by atoms with Crippen molar-refractivity contribution in [2.45, 2.75) is 6.04 Å². The van der Waals surface area contributed by atoms with Gasteiger partial charge in [-0.2, -0.15) is 5.26 Å². The lowest BCUT2D eigenvalue weighted by molar-refractivity contribution is 0.373. The number of methoxy groups -OCH3 is 1. The fourth-order valence-corrected chi connectivity index (χ4v) is 2.00. The number of hydrogen-bond acceptors (Lipinski definition) is 4. The highest BCUT2D eigenvalue weighted by atomic mass is 35.5. The maximum Gasteiger partial charge on any atom is 0.160 e. The van der Waals surface area contributed by atoms with E-state index in [-0.39, 0.29) is 5.75 Å². The Morgan fingerprint density at radius 2 is 2.10 bits per heavy atom. The van der Waals surface area contributed by atoms with Gasteiger partial charge in [-0.3, -0.25) is 0 Å². The van der Waals surface area contributed by atoms with Gasteiger partial charge in [0, 0.05) is 10.7 Å². The van der Waals surface area contributed by atoms with Crippen LogP contribution in [0.2, 0.25) is 5.02 Å². The highest BCUT2D eigenvalue weighted by Gasteiger charge is 2.13. The number of aromatic hydroxyl groups is 1. The zero-order valence-corrected chi connectivity index (χ0v) is 11.6. The van der Waals surface area contributed by atoms with E-state index < -0.39 is 6.04 Å². The predicted octanol–water partition coefficient (Wildman–Crippen LogP) is 3.73. The van der Waals surface area contributed by atoms with Gasteiger partial charge < -0.3 is 15.2 Å². The average Bonchev–Trinajstić information content (AvgIpc) is 2.45. The molecular formula is C15H13ClN2O2. The Labute approximate surface area is 122 Å². The van der Waals surface area contributed by atoms with E-state index in [1.807, 2.05) is 6.07 Å². The second-order valence-corrected chi connectivity index (χ2v) is 4.58. The van der Waals surface area contributed by atoms with Gasteiger partial charge >= 0.3 is 0 Å². The third-order valence-corrected chi connectivity index (χ3v) is 3.04. The van der Waals surface area contributed by atoms with Gasteiger partial charge in [-0.25, -0.2) is 0 Å². The topological polar surface area (TPSA) is 65.3 Å². The molecule has 0 aromatic heterocycles. The Morgan fingerprint density at radius 1 is 1.30 bits per heavy atom. The quantitative estimate of drug-likeness (QED) is 0.899. The Balaban J connectivity index is 2.27. The first-order valence-corrected chi connectivity index (χ1v) is 6.30. The van der Waals surface area contributed by atoms with Crippen LogP contribution in [0.3, 0.4) is 0 Å². The van der Waals surface area contributed by atoms with E-state index in [2.05, 4.69) is 11.4 Å². The molecule has 1 unspecified atom stereocenters. The molecule has 5 heteroatoms. The van der Waals surface area contributed by atoms with E-state index in [1.165, 1.54) is 13.2 Å². The number of nitrogens with one attached hydrogen (secondary N) is 1. The molecule has 2 aromatic rings. The Morgan fingerprint density at radius 3 is 2.75 bits per heavy atom. The first kappa shape index (κ1) is 14.0. The molecule has 0 fully saturated rings. The monoisotopic (exact) mass is 288 g/mol. The molecule has 0 spiro atoms. The molecule has 4 nitrogen and oxygen atoms in total. The second-order valence-electron chi connectivity index (χ2n) is 4.15. The number of halogens is 1. The summed E-state index contributed by atoms with van der Waals surface area (Å²) in [4.78, 5) is 0. The maximum absolute atomic E-state index is 9.57. The molecule has 0 saturated carbocycles. The number of rotatable bonds is 4. The number of hydrogen-bond donors (Lipinski definition) is 2. The van der Waals surface area contributed by atoms with Gasteiger partial charge in [-0.15, -0.1) is 0 Å². The number of anilines is 1. The van der Waals surface area contributed by atoms with Crippen LogP contribution < -0.4 is 10.1 Å². The van der Waals surface area contributed by atoms with Crippen molar-refractivity contribution in [1.29, 1.82) is 5.26 Å². The van der Waals surface area contributed by atoms with Crippen LogP contribution in [0.4, 0.5) is 5.69 Å². The standard InChI is InChI=1S/C15H13ClN2O2/c1-20-15-7-10(5-6-14(15)19)13(9-17)18-12-4-2-3-11(16)8-12/h2-8,13,18-19H,1H3. The molecule has 102 valence electrons. The third-order valence-electron chi connectivity index (χ3n) is 2.80. The van der Waals surface area contributed by atoms with Gasteiger partial charge in [0.05, 0.1) is 13.2 Å². The summed E-state index contributed by atoms with van der Waals surface area (Å²) in [5.74, 6) is 0.367. The normalized spacial score (nSPS) is 11.4. The zero-order chi connectivity index (χ0) is 14.5. The van der Waals surface area contributed by atoms with Crippen LogP contribution in [-0.2, 0) is 0 Å². The van der Waals surface area contributed by atoms with E-state index in [1.54, 1.807) is 30.3 Å². The molecule has 0 amide bonds. The summed E-state index contributed by atoms with van der Waals surface area (Å²) in [6.45, 7) is 0. The van der Waals surface area contributed by atoms with Crippen molar-refractivity contribution in [2.24, 2.45) is 0 Å². The molecule has 1 atom stereocenters. The maximum atomic E-state index is 9.57. The lowest BCUT2D eigenvalue weighted by Crippen LogP contribution is -2.08. The molecule has 20 heavy (non-hydrogen) atoms. The Hall–Kier alpha value is -2.38. The van der Waals surface area contributed by atoms with Crippen molar-refractivity contribution in [3.8, 4) is 17.6 Å². The third kappa shape index (κ3) is 3.14. The lowest BCUT2D eigenvalue weighted by Gasteiger charge is -2.15.